The number of furan rings is 1. The van der Waals surface area contributed by atoms with E-state index >= 15 is 0 Å². The van der Waals surface area contributed by atoms with Crippen LogP contribution in [0.25, 0.3) is 11.0 Å². The molecular formula is C15H17NO3. The van der Waals surface area contributed by atoms with E-state index in [1.54, 1.807) is 6.07 Å². The van der Waals surface area contributed by atoms with Gasteiger partial charge in [-0.3, -0.25) is 4.79 Å². The van der Waals surface area contributed by atoms with Gasteiger partial charge in [0, 0.05) is 17.3 Å². The highest BCUT2D eigenvalue weighted by Crippen LogP contribution is 2.25. The highest BCUT2D eigenvalue weighted by molar-refractivity contribution is 5.96. The summed E-state index contributed by atoms with van der Waals surface area (Å²) in [7, 11) is 0. The summed E-state index contributed by atoms with van der Waals surface area (Å²) in [6, 6.07) is 7.66. The summed E-state index contributed by atoms with van der Waals surface area (Å²) < 4.78 is 10.7. The van der Waals surface area contributed by atoms with Gasteiger partial charge in [0.2, 0.25) is 0 Å². The fourth-order valence-electron chi connectivity index (χ4n) is 2.21. The molecule has 0 bridgehead atoms. The van der Waals surface area contributed by atoms with Crippen molar-refractivity contribution in [3.63, 3.8) is 0 Å². The number of aryl methyl sites for hydroxylation is 1. The first-order valence-electron chi connectivity index (χ1n) is 6.42. The van der Waals surface area contributed by atoms with Crippen LogP contribution in [0.1, 0.15) is 23.0 Å². The van der Waals surface area contributed by atoms with Crippen molar-refractivity contribution in [2.75, 3.05) is 19.8 Å². The molecule has 1 aromatic carbocycles. The molecule has 0 unspecified atom stereocenters. The molecule has 2 heterocycles. The minimum absolute atomic E-state index is 0.0677. The molecule has 1 saturated heterocycles. The second kappa shape index (κ2) is 4.38. The lowest BCUT2D eigenvalue weighted by molar-refractivity contribution is -0.0978. The summed E-state index contributed by atoms with van der Waals surface area (Å²) in [6.07, 6.45) is 0. The van der Waals surface area contributed by atoms with Gasteiger partial charge in [-0.2, -0.15) is 0 Å². The number of hydrogen-bond donors (Lipinski definition) is 1. The molecule has 1 fully saturated rings. The van der Waals surface area contributed by atoms with E-state index in [4.69, 9.17) is 9.15 Å². The molecule has 0 aliphatic carbocycles. The highest BCUT2D eigenvalue weighted by atomic mass is 16.5. The van der Waals surface area contributed by atoms with E-state index in [9.17, 15) is 4.79 Å². The van der Waals surface area contributed by atoms with Crippen LogP contribution in [0.15, 0.2) is 28.7 Å². The molecule has 2 aromatic rings. The summed E-state index contributed by atoms with van der Waals surface area (Å²) in [6.45, 7) is 6.13. The van der Waals surface area contributed by atoms with E-state index in [0.717, 1.165) is 16.5 Å². The predicted molar refractivity (Wildman–Crippen MR) is 72.2 cm³/mol. The lowest BCUT2D eigenvalue weighted by Gasteiger charge is -2.37. The van der Waals surface area contributed by atoms with Crippen LogP contribution in [0.3, 0.4) is 0 Å². The molecule has 1 aromatic heterocycles. The van der Waals surface area contributed by atoms with E-state index < -0.39 is 0 Å². The number of carbonyl (C=O) groups is 1. The van der Waals surface area contributed by atoms with Gasteiger partial charge in [0.25, 0.3) is 5.91 Å². The minimum atomic E-state index is -0.165. The first-order chi connectivity index (χ1) is 9.06. The number of carbonyl (C=O) groups excluding carboxylic acids is 1. The largest absolute Gasteiger partial charge is 0.451 e. The van der Waals surface area contributed by atoms with Crippen molar-refractivity contribution in [1.29, 1.82) is 0 Å². The van der Waals surface area contributed by atoms with Crippen LogP contribution >= 0.6 is 0 Å². The summed E-state index contributed by atoms with van der Waals surface area (Å²) in [5.74, 6) is 0.200. The van der Waals surface area contributed by atoms with Gasteiger partial charge in [0.1, 0.15) is 5.58 Å². The first-order valence-corrected chi connectivity index (χ1v) is 6.42. The zero-order valence-electron chi connectivity index (χ0n) is 11.2. The lowest BCUT2D eigenvalue weighted by atomic mass is 9.89. The van der Waals surface area contributed by atoms with Crippen LogP contribution in [0.4, 0.5) is 0 Å². The number of nitrogens with one attached hydrogen (secondary N) is 1. The van der Waals surface area contributed by atoms with Crippen LogP contribution in [0.5, 0.6) is 0 Å². The third-order valence-corrected chi connectivity index (χ3v) is 3.47. The molecule has 19 heavy (non-hydrogen) atoms. The minimum Gasteiger partial charge on any atom is -0.451 e. The standard InChI is InChI=1S/C15H17NO3/c1-10-3-4-12-11(5-10)6-13(19-12)14(17)16-7-15(2)8-18-9-15/h3-6H,7-9H2,1-2H3,(H,16,17). The van der Waals surface area contributed by atoms with Gasteiger partial charge in [0.05, 0.1) is 13.2 Å². The quantitative estimate of drug-likeness (QED) is 0.921. The Morgan fingerprint density at radius 3 is 2.84 bits per heavy atom. The molecule has 1 amide bonds. The van der Waals surface area contributed by atoms with E-state index in [2.05, 4.69) is 12.2 Å². The van der Waals surface area contributed by atoms with Crippen molar-refractivity contribution < 1.29 is 13.9 Å². The van der Waals surface area contributed by atoms with Gasteiger partial charge in [-0.25, -0.2) is 0 Å². The maximum Gasteiger partial charge on any atom is 0.287 e. The Balaban J connectivity index is 1.74. The van der Waals surface area contributed by atoms with Gasteiger partial charge >= 0.3 is 0 Å². The normalized spacial score (nSPS) is 17.2. The Morgan fingerprint density at radius 1 is 1.37 bits per heavy atom. The number of ether oxygens (including phenoxy) is 1. The number of rotatable bonds is 3. The SMILES string of the molecule is Cc1ccc2oc(C(=O)NCC3(C)COC3)cc2c1. The van der Waals surface area contributed by atoms with Gasteiger partial charge < -0.3 is 14.5 Å². The molecule has 0 spiro atoms. The number of hydrogen-bond acceptors (Lipinski definition) is 3. The Morgan fingerprint density at radius 2 is 2.16 bits per heavy atom. The molecule has 1 N–H and O–H groups in total. The number of benzene rings is 1. The first kappa shape index (κ1) is 12.2. The molecule has 4 nitrogen and oxygen atoms in total. The third-order valence-electron chi connectivity index (χ3n) is 3.47. The van der Waals surface area contributed by atoms with E-state index in [1.165, 1.54) is 0 Å². The zero-order chi connectivity index (χ0) is 13.5. The van der Waals surface area contributed by atoms with Crippen LogP contribution in [0, 0.1) is 12.3 Å². The van der Waals surface area contributed by atoms with Crippen molar-refractivity contribution in [2.24, 2.45) is 5.41 Å². The molecule has 100 valence electrons. The monoisotopic (exact) mass is 259 g/mol. The van der Waals surface area contributed by atoms with Crippen LogP contribution in [-0.4, -0.2) is 25.7 Å². The topological polar surface area (TPSA) is 51.5 Å². The molecule has 1 aliphatic heterocycles. The molecule has 0 radical (unpaired) electrons. The Kier molecular flexibility index (Phi) is 2.82. The van der Waals surface area contributed by atoms with Crippen molar-refractivity contribution in [2.45, 2.75) is 13.8 Å². The average Bonchev–Trinajstić information content (AvgIpc) is 2.76. The maximum atomic E-state index is 12.0. The van der Waals surface area contributed by atoms with Gasteiger partial charge in [0.15, 0.2) is 5.76 Å². The predicted octanol–water partition coefficient (Wildman–Crippen LogP) is 2.51. The van der Waals surface area contributed by atoms with Gasteiger partial charge in [-0.05, 0) is 25.1 Å². The highest BCUT2D eigenvalue weighted by Gasteiger charge is 2.33. The van der Waals surface area contributed by atoms with E-state index in [-0.39, 0.29) is 11.3 Å². The van der Waals surface area contributed by atoms with Crippen molar-refractivity contribution in [1.82, 2.24) is 5.32 Å². The van der Waals surface area contributed by atoms with Crippen LogP contribution < -0.4 is 5.32 Å². The van der Waals surface area contributed by atoms with E-state index in [1.807, 2.05) is 25.1 Å². The molecule has 0 saturated carbocycles. The Bertz CT molecular complexity index is 625. The van der Waals surface area contributed by atoms with Crippen LogP contribution in [0.2, 0.25) is 0 Å². The zero-order valence-corrected chi connectivity index (χ0v) is 11.2. The smallest absolute Gasteiger partial charge is 0.287 e. The third kappa shape index (κ3) is 2.36. The average molecular weight is 259 g/mol. The summed E-state index contributed by atoms with van der Waals surface area (Å²) in [5, 5.41) is 3.87. The molecule has 3 rings (SSSR count). The van der Waals surface area contributed by atoms with Gasteiger partial charge in [-0.15, -0.1) is 0 Å². The Labute approximate surface area is 111 Å². The molecular weight excluding hydrogens is 242 g/mol. The van der Waals surface area contributed by atoms with Crippen molar-refractivity contribution >= 4 is 16.9 Å². The van der Waals surface area contributed by atoms with Crippen LogP contribution in [-0.2, 0) is 4.74 Å². The summed E-state index contributed by atoms with van der Waals surface area (Å²) in [4.78, 5) is 12.0. The summed E-state index contributed by atoms with van der Waals surface area (Å²) in [5.41, 5.74) is 1.96. The molecule has 4 heteroatoms. The second-order valence-corrected chi connectivity index (χ2v) is 5.64. The summed E-state index contributed by atoms with van der Waals surface area (Å²) >= 11 is 0. The maximum absolute atomic E-state index is 12.0. The Hall–Kier alpha value is -1.81. The lowest BCUT2D eigenvalue weighted by Crippen LogP contribution is -2.48. The molecule has 0 atom stereocenters. The van der Waals surface area contributed by atoms with E-state index in [0.29, 0.717) is 25.5 Å². The second-order valence-electron chi connectivity index (χ2n) is 5.64. The van der Waals surface area contributed by atoms with Crippen molar-refractivity contribution in [3.05, 3.63) is 35.6 Å². The number of fused-ring (bicyclic) bond motifs is 1. The van der Waals surface area contributed by atoms with Crippen molar-refractivity contribution in [3.8, 4) is 0 Å². The van der Waals surface area contributed by atoms with Gasteiger partial charge in [-0.1, -0.05) is 18.6 Å². The fourth-order valence-corrected chi connectivity index (χ4v) is 2.21. The number of amides is 1. The molecule has 1 aliphatic rings. The fraction of sp³-hybridized carbons (Fsp3) is 0.400.